The molecule has 2 heterocycles. The van der Waals surface area contributed by atoms with Gasteiger partial charge in [0.2, 0.25) is 0 Å². The van der Waals surface area contributed by atoms with Crippen molar-refractivity contribution in [2.75, 3.05) is 5.73 Å². The highest BCUT2D eigenvalue weighted by atomic mass is 35.5. The minimum atomic E-state index is -1.75. The molecule has 1 unspecified atom stereocenters. The average Bonchev–Trinajstić information content (AvgIpc) is 2.68. The Hall–Kier alpha value is -1.66. The van der Waals surface area contributed by atoms with E-state index in [0.717, 1.165) is 10.8 Å². The molecular formula is C13H15ClFN3O4. The van der Waals surface area contributed by atoms with Crippen LogP contribution in [0, 0.1) is 17.7 Å². The maximum absolute atomic E-state index is 13.6. The van der Waals surface area contributed by atoms with Crippen LogP contribution in [0.4, 0.5) is 10.2 Å². The molecule has 0 aliphatic carbocycles. The first-order chi connectivity index (χ1) is 10.2. The lowest BCUT2D eigenvalue weighted by atomic mass is 9.96. The zero-order chi connectivity index (χ0) is 16.7. The number of anilines is 1. The largest absolute Gasteiger partial charge is 0.391 e. The van der Waals surface area contributed by atoms with Crippen LogP contribution in [-0.4, -0.2) is 43.0 Å². The Morgan fingerprint density at radius 3 is 2.86 bits per heavy atom. The van der Waals surface area contributed by atoms with Crippen LogP contribution in [0.2, 0.25) is 0 Å². The van der Waals surface area contributed by atoms with Crippen LogP contribution in [0.5, 0.6) is 0 Å². The summed E-state index contributed by atoms with van der Waals surface area (Å²) in [6.07, 6.45) is -4.15. The standard InChI is InChI=1S/C13H15ClFN3O4/c1-3-4-13(14)9(20)8(6(2)19)22-11(13)18-5-7(15)10(16)17-12(18)21/h5-6,8-9,11,19-20H,1-2H3,(H2,16,17,21)/t6-,8+,9?,11+,13+/m0/s1. The highest BCUT2D eigenvalue weighted by molar-refractivity contribution is 6.27. The molecule has 0 spiro atoms. The van der Waals surface area contributed by atoms with E-state index < -0.39 is 46.7 Å². The summed E-state index contributed by atoms with van der Waals surface area (Å²) in [5.41, 5.74) is 4.31. The molecule has 0 bridgehead atoms. The number of ether oxygens (including phenoxy) is 1. The summed E-state index contributed by atoms with van der Waals surface area (Å²) in [6.45, 7) is 2.87. The van der Waals surface area contributed by atoms with E-state index >= 15 is 0 Å². The van der Waals surface area contributed by atoms with Gasteiger partial charge < -0.3 is 20.7 Å². The zero-order valence-electron chi connectivity index (χ0n) is 11.8. The molecular weight excluding hydrogens is 317 g/mol. The number of aliphatic hydroxyl groups is 2. The number of aliphatic hydroxyl groups excluding tert-OH is 2. The van der Waals surface area contributed by atoms with Crippen molar-refractivity contribution < 1.29 is 19.3 Å². The topological polar surface area (TPSA) is 111 Å². The van der Waals surface area contributed by atoms with E-state index in [4.69, 9.17) is 22.1 Å². The molecule has 1 fully saturated rings. The van der Waals surface area contributed by atoms with E-state index in [2.05, 4.69) is 16.8 Å². The van der Waals surface area contributed by atoms with Crippen molar-refractivity contribution in [2.24, 2.45) is 0 Å². The van der Waals surface area contributed by atoms with E-state index in [1.165, 1.54) is 13.8 Å². The van der Waals surface area contributed by atoms with Crippen LogP contribution in [0.3, 0.4) is 0 Å². The highest BCUT2D eigenvalue weighted by Crippen LogP contribution is 2.43. The van der Waals surface area contributed by atoms with E-state index in [-0.39, 0.29) is 0 Å². The van der Waals surface area contributed by atoms with Crippen LogP contribution >= 0.6 is 11.6 Å². The third-order valence-corrected chi connectivity index (χ3v) is 3.87. The number of hydrogen-bond donors (Lipinski definition) is 3. The van der Waals surface area contributed by atoms with Gasteiger partial charge in [0.1, 0.15) is 12.2 Å². The number of rotatable bonds is 2. The van der Waals surface area contributed by atoms with Gasteiger partial charge in [-0.2, -0.15) is 4.98 Å². The molecule has 1 aromatic rings. The second kappa shape index (κ2) is 5.85. The molecule has 5 atom stereocenters. The fourth-order valence-electron chi connectivity index (χ4n) is 2.31. The predicted molar refractivity (Wildman–Crippen MR) is 76.5 cm³/mol. The number of aromatic nitrogens is 2. The summed E-state index contributed by atoms with van der Waals surface area (Å²) in [5, 5.41) is 19.9. The van der Waals surface area contributed by atoms with Crippen molar-refractivity contribution in [3.8, 4) is 11.8 Å². The van der Waals surface area contributed by atoms with Crippen LogP contribution in [0.25, 0.3) is 0 Å². The Morgan fingerprint density at radius 2 is 2.32 bits per heavy atom. The van der Waals surface area contributed by atoms with Gasteiger partial charge in [-0.1, -0.05) is 17.5 Å². The van der Waals surface area contributed by atoms with Gasteiger partial charge in [-0.3, -0.25) is 4.57 Å². The van der Waals surface area contributed by atoms with Crippen LogP contribution in [0.15, 0.2) is 11.0 Å². The number of hydrogen-bond acceptors (Lipinski definition) is 6. The predicted octanol–water partition coefficient (Wildman–Crippen LogP) is -0.395. The van der Waals surface area contributed by atoms with Gasteiger partial charge in [-0.15, -0.1) is 5.92 Å². The lowest BCUT2D eigenvalue weighted by molar-refractivity contribution is -0.0774. The second-order valence-corrected chi connectivity index (χ2v) is 5.57. The summed E-state index contributed by atoms with van der Waals surface area (Å²) < 4.78 is 19.8. The van der Waals surface area contributed by atoms with Gasteiger partial charge in [0, 0.05) is 0 Å². The fraction of sp³-hybridized carbons (Fsp3) is 0.538. The minimum absolute atomic E-state index is 0.561. The summed E-state index contributed by atoms with van der Waals surface area (Å²) in [6, 6.07) is 0. The van der Waals surface area contributed by atoms with Crippen molar-refractivity contribution in [3.63, 3.8) is 0 Å². The van der Waals surface area contributed by atoms with Gasteiger partial charge in [-0.25, -0.2) is 9.18 Å². The van der Waals surface area contributed by atoms with E-state index in [1.807, 2.05) is 0 Å². The number of nitrogen functional groups attached to an aromatic ring is 1. The molecule has 0 saturated carbocycles. The van der Waals surface area contributed by atoms with E-state index in [9.17, 15) is 19.4 Å². The van der Waals surface area contributed by atoms with Crippen molar-refractivity contribution in [1.29, 1.82) is 0 Å². The molecule has 22 heavy (non-hydrogen) atoms. The molecule has 0 aromatic carbocycles. The molecule has 0 amide bonds. The van der Waals surface area contributed by atoms with E-state index in [1.54, 1.807) is 0 Å². The average molecular weight is 332 g/mol. The number of alkyl halides is 1. The lowest BCUT2D eigenvalue weighted by Crippen LogP contribution is -2.44. The molecule has 1 aromatic heterocycles. The first-order valence-corrected chi connectivity index (χ1v) is 6.78. The number of halogens is 2. The van der Waals surface area contributed by atoms with Crippen molar-refractivity contribution >= 4 is 17.4 Å². The first kappa shape index (κ1) is 16.7. The first-order valence-electron chi connectivity index (χ1n) is 6.41. The van der Waals surface area contributed by atoms with Gasteiger partial charge >= 0.3 is 5.69 Å². The second-order valence-electron chi connectivity index (χ2n) is 4.95. The molecule has 0 radical (unpaired) electrons. The zero-order valence-corrected chi connectivity index (χ0v) is 12.6. The van der Waals surface area contributed by atoms with Gasteiger partial charge in [0.15, 0.2) is 22.7 Å². The maximum atomic E-state index is 13.6. The third-order valence-electron chi connectivity index (χ3n) is 3.37. The van der Waals surface area contributed by atoms with Crippen LogP contribution in [0.1, 0.15) is 20.1 Å². The van der Waals surface area contributed by atoms with Crippen LogP contribution < -0.4 is 11.4 Å². The Labute approximate surface area is 130 Å². The van der Waals surface area contributed by atoms with Crippen molar-refractivity contribution in [3.05, 3.63) is 22.5 Å². The lowest BCUT2D eigenvalue weighted by Gasteiger charge is -2.25. The monoisotopic (exact) mass is 331 g/mol. The number of nitrogens with two attached hydrogens (primary N) is 1. The molecule has 120 valence electrons. The van der Waals surface area contributed by atoms with E-state index in [0.29, 0.717) is 0 Å². The molecule has 7 nitrogen and oxygen atoms in total. The molecule has 9 heteroatoms. The Bertz CT molecular complexity index is 699. The highest BCUT2D eigenvalue weighted by Gasteiger charge is 2.57. The molecule has 1 saturated heterocycles. The van der Waals surface area contributed by atoms with Gasteiger partial charge in [0.25, 0.3) is 0 Å². The van der Waals surface area contributed by atoms with Crippen molar-refractivity contribution in [1.82, 2.24) is 9.55 Å². The molecule has 4 N–H and O–H groups in total. The van der Waals surface area contributed by atoms with Crippen molar-refractivity contribution in [2.45, 2.75) is 43.3 Å². The van der Waals surface area contributed by atoms with Gasteiger partial charge in [-0.05, 0) is 13.8 Å². The smallest absolute Gasteiger partial charge is 0.351 e. The molecule has 2 rings (SSSR count). The summed E-state index contributed by atoms with van der Waals surface area (Å²) >= 11 is 6.32. The Morgan fingerprint density at radius 1 is 1.68 bits per heavy atom. The Kier molecular flexibility index (Phi) is 4.44. The molecule has 1 aliphatic rings. The van der Waals surface area contributed by atoms with Crippen LogP contribution in [-0.2, 0) is 4.74 Å². The Balaban J connectivity index is 2.59. The third kappa shape index (κ3) is 2.57. The molecule has 1 aliphatic heterocycles. The number of nitrogens with zero attached hydrogens (tertiary/aromatic N) is 2. The van der Waals surface area contributed by atoms with Gasteiger partial charge in [0.05, 0.1) is 12.3 Å². The summed E-state index contributed by atoms with van der Waals surface area (Å²) in [7, 11) is 0. The quantitative estimate of drug-likeness (QED) is 0.502. The normalized spacial score (nSPS) is 32.4. The minimum Gasteiger partial charge on any atom is -0.391 e. The maximum Gasteiger partial charge on any atom is 0.351 e. The fourth-order valence-corrected chi connectivity index (χ4v) is 2.68. The summed E-state index contributed by atoms with van der Waals surface area (Å²) in [5.74, 6) is 3.58. The summed E-state index contributed by atoms with van der Waals surface area (Å²) in [4.78, 5) is 13.5. The SMILES string of the molecule is CC#C[C@@]1(Cl)C(O)[C@@H]([C@H](C)O)O[C@H]1n1cc(F)c(N)nc1=O.